The molecule has 24 heavy (non-hydrogen) atoms. The minimum Gasteiger partial charge on any atom is -0.266 e. The fourth-order valence-corrected chi connectivity index (χ4v) is 3.73. The number of hydrogen-bond donors (Lipinski definition) is 0. The largest absolute Gasteiger partial charge is 0.291 e. The van der Waals surface area contributed by atoms with Crippen LogP contribution in [0.25, 0.3) is 22.4 Å². The molecule has 0 spiro atoms. The third-order valence-electron chi connectivity index (χ3n) is 3.64. The van der Waals surface area contributed by atoms with Crippen molar-refractivity contribution in [3.63, 3.8) is 0 Å². The number of fused-ring (bicyclic) bond motifs is 1. The molecule has 0 atom stereocenters. The van der Waals surface area contributed by atoms with Gasteiger partial charge in [0, 0.05) is 10.0 Å². The molecule has 4 aromatic rings. The van der Waals surface area contributed by atoms with E-state index in [1.165, 1.54) is 21.4 Å². The Morgan fingerprint density at radius 3 is 2.67 bits per heavy atom. The Kier molecular flexibility index (Phi) is 3.78. The predicted molar refractivity (Wildman–Crippen MR) is 100 cm³/mol. The molecule has 0 amide bonds. The van der Waals surface area contributed by atoms with Gasteiger partial charge < -0.3 is 0 Å². The van der Waals surface area contributed by atoms with Crippen LogP contribution in [0.2, 0.25) is 0 Å². The van der Waals surface area contributed by atoms with Crippen LogP contribution in [0.15, 0.2) is 57.8 Å². The molecular formula is C18H12BrN3OS. The zero-order valence-corrected chi connectivity index (χ0v) is 15.1. The van der Waals surface area contributed by atoms with Crippen LogP contribution >= 0.6 is 27.3 Å². The molecule has 118 valence electrons. The van der Waals surface area contributed by atoms with E-state index in [2.05, 4.69) is 26.0 Å². The molecular weight excluding hydrogens is 386 g/mol. The molecule has 0 radical (unpaired) electrons. The van der Waals surface area contributed by atoms with Crippen LogP contribution < -0.4 is 10.1 Å². The van der Waals surface area contributed by atoms with Crippen molar-refractivity contribution < 1.29 is 0 Å². The summed E-state index contributed by atoms with van der Waals surface area (Å²) in [6, 6.07) is 15.8. The lowest BCUT2D eigenvalue weighted by molar-refractivity contribution is 0.937. The summed E-state index contributed by atoms with van der Waals surface area (Å²) < 4.78 is 2.98. The van der Waals surface area contributed by atoms with E-state index in [0.717, 1.165) is 15.6 Å². The van der Waals surface area contributed by atoms with Gasteiger partial charge >= 0.3 is 0 Å². The number of hydrogen-bond acceptors (Lipinski definition) is 4. The molecule has 2 heterocycles. The second-order valence-corrected chi connectivity index (χ2v) is 7.39. The van der Waals surface area contributed by atoms with E-state index in [0.29, 0.717) is 15.3 Å². The van der Waals surface area contributed by atoms with Gasteiger partial charge in [-0.15, -0.1) is 5.10 Å². The smallest absolute Gasteiger partial charge is 0.266 e. The van der Waals surface area contributed by atoms with Crippen LogP contribution in [0.1, 0.15) is 11.1 Å². The molecule has 0 saturated carbocycles. The molecule has 2 aromatic heterocycles. The van der Waals surface area contributed by atoms with Crippen molar-refractivity contribution >= 4 is 38.3 Å². The third-order valence-corrected chi connectivity index (χ3v) is 5.09. The fraction of sp³-hybridized carbons (Fsp3) is 0.0556. The highest BCUT2D eigenvalue weighted by Gasteiger charge is 2.11. The van der Waals surface area contributed by atoms with Crippen molar-refractivity contribution in [2.75, 3.05) is 0 Å². The number of nitrogens with zero attached hydrogens (tertiary/aromatic N) is 3. The quantitative estimate of drug-likeness (QED) is 0.520. The third kappa shape index (κ3) is 2.79. The average Bonchev–Trinajstić information content (AvgIpc) is 3.09. The lowest BCUT2D eigenvalue weighted by Crippen LogP contribution is -2.23. The molecule has 2 aromatic carbocycles. The van der Waals surface area contributed by atoms with E-state index in [9.17, 15) is 4.79 Å². The van der Waals surface area contributed by atoms with Crippen molar-refractivity contribution in [3.8, 4) is 11.4 Å². The SMILES string of the molecule is Cc1ccc(-c2nc3s/c(=C\c4cccc(Br)c4)c(=O)n3n2)cc1. The minimum absolute atomic E-state index is 0.138. The van der Waals surface area contributed by atoms with Crippen LogP contribution in [0.4, 0.5) is 0 Å². The second kappa shape index (κ2) is 5.96. The van der Waals surface area contributed by atoms with Gasteiger partial charge in [-0.05, 0) is 30.7 Å². The maximum Gasteiger partial charge on any atom is 0.291 e. The summed E-state index contributed by atoms with van der Waals surface area (Å²) in [5.41, 5.74) is 2.91. The summed E-state index contributed by atoms with van der Waals surface area (Å²) in [5.74, 6) is 0.576. The van der Waals surface area contributed by atoms with Crippen LogP contribution in [0.5, 0.6) is 0 Å². The summed E-state index contributed by atoms with van der Waals surface area (Å²) in [5, 5.41) is 4.37. The van der Waals surface area contributed by atoms with E-state index in [4.69, 9.17) is 0 Å². The van der Waals surface area contributed by atoms with Gasteiger partial charge in [0.25, 0.3) is 5.56 Å². The zero-order valence-electron chi connectivity index (χ0n) is 12.7. The summed E-state index contributed by atoms with van der Waals surface area (Å²) in [6.45, 7) is 2.03. The number of aromatic nitrogens is 3. The molecule has 0 aliphatic rings. The van der Waals surface area contributed by atoms with Crippen LogP contribution in [0.3, 0.4) is 0 Å². The fourth-order valence-electron chi connectivity index (χ4n) is 2.41. The van der Waals surface area contributed by atoms with E-state index in [1.807, 2.05) is 61.5 Å². The molecule has 0 saturated heterocycles. The van der Waals surface area contributed by atoms with E-state index < -0.39 is 0 Å². The Hall–Kier alpha value is -2.31. The first-order chi connectivity index (χ1) is 11.6. The van der Waals surface area contributed by atoms with Crippen molar-refractivity contribution in [2.45, 2.75) is 6.92 Å². The number of thiazole rings is 1. The topological polar surface area (TPSA) is 47.3 Å². The molecule has 0 unspecified atom stereocenters. The highest BCUT2D eigenvalue weighted by Crippen LogP contribution is 2.17. The standard InChI is InChI=1S/C18H12BrN3OS/c1-11-5-7-13(8-6-11)16-20-18-22(21-16)17(23)15(24-18)10-12-3-2-4-14(19)9-12/h2-10H,1H3/b15-10-. The van der Waals surface area contributed by atoms with Gasteiger partial charge in [-0.3, -0.25) is 4.79 Å². The first kappa shape index (κ1) is 15.2. The van der Waals surface area contributed by atoms with E-state index in [-0.39, 0.29) is 5.56 Å². The van der Waals surface area contributed by atoms with Crippen LogP contribution in [-0.4, -0.2) is 14.6 Å². The van der Waals surface area contributed by atoms with Gasteiger partial charge in [-0.25, -0.2) is 0 Å². The van der Waals surface area contributed by atoms with Crippen LogP contribution in [0, 0.1) is 6.92 Å². The second-order valence-electron chi connectivity index (χ2n) is 5.47. The minimum atomic E-state index is -0.138. The Balaban J connectivity index is 1.81. The highest BCUT2D eigenvalue weighted by molar-refractivity contribution is 9.10. The molecule has 4 rings (SSSR count). The number of halogens is 1. The molecule has 6 heteroatoms. The maximum atomic E-state index is 12.5. The molecule has 0 bridgehead atoms. The lowest BCUT2D eigenvalue weighted by Gasteiger charge is -1.95. The summed E-state index contributed by atoms with van der Waals surface area (Å²) >= 11 is 4.79. The molecule has 0 fully saturated rings. The maximum absolute atomic E-state index is 12.5. The Bertz CT molecular complexity index is 1150. The first-order valence-electron chi connectivity index (χ1n) is 7.34. The van der Waals surface area contributed by atoms with E-state index in [1.54, 1.807) is 0 Å². The van der Waals surface area contributed by atoms with Gasteiger partial charge in [0.1, 0.15) is 0 Å². The Labute approximate surface area is 150 Å². The van der Waals surface area contributed by atoms with Crippen molar-refractivity contribution in [3.05, 3.63) is 79.0 Å². The van der Waals surface area contributed by atoms with E-state index >= 15 is 0 Å². The molecule has 4 nitrogen and oxygen atoms in total. The Morgan fingerprint density at radius 1 is 1.17 bits per heavy atom. The molecule has 0 N–H and O–H groups in total. The van der Waals surface area contributed by atoms with Crippen molar-refractivity contribution in [1.29, 1.82) is 0 Å². The number of aryl methyl sites for hydroxylation is 1. The predicted octanol–water partition coefficient (Wildman–Crippen LogP) is 3.44. The molecule has 0 aliphatic carbocycles. The van der Waals surface area contributed by atoms with Gasteiger partial charge in [-0.1, -0.05) is 69.2 Å². The number of rotatable bonds is 2. The van der Waals surface area contributed by atoms with Gasteiger partial charge in [0.2, 0.25) is 4.96 Å². The lowest BCUT2D eigenvalue weighted by atomic mass is 10.1. The normalized spacial score (nSPS) is 12.2. The van der Waals surface area contributed by atoms with Gasteiger partial charge in [0.15, 0.2) is 5.82 Å². The average molecular weight is 398 g/mol. The van der Waals surface area contributed by atoms with Crippen molar-refractivity contribution in [1.82, 2.24) is 14.6 Å². The van der Waals surface area contributed by atoms with Gasteiger partial charge in [-0.2, -0.15) is 9.50 Å². The summed E-state index contributed by atoms with van der Waals surface area (Å²) in [7, 11) is 0. The summed E-state index contributed by atoms with van der Waals surface area (Å²) in [6.07, 6.45) is 1.86. The highest BCUT2D eigenvalue weighted by atomic mass is 79.9. The zero-order chi connectivity index (χ0) is 16.7. The summed E-state index contributed by atoms with van der Waals surface area (Å²) in [4.78, 5) is 17.6. The van der Waals surface area contributed by atoms with Crippen molar-refractivity contribution in [2.24, 2.45) is 0 Å². The number of benzene rings is 2. The van der Waals surface area contributed by atoms with Crippen LogP contribution in [-0.2, 0) is 0 Å². The Morgan fingerprint density at radius 2 is 1.96 bits per heavy atom. The monoisotopic (exact) mass is 397 g/mol. The van der Waals surface area contributed by atoms with Gasteiger partial charge in [0.05, 0.1) is 4.53 Å². The molecule has 0 aliphatic heterocycles. The first-order valence-corrected chi connectivity index (χ1v) is 8.95.